The van der Waals surface area contributed by atoms with Crippen LogP contribution in [0.3, 0.4) is 0 Å². The number of nitrogens with one attached hydrogen (secondary N) is 2. The number of likely N-dealkylation sites (tertiary alicyclic amines) is 1. The standard InChI is InChI=1S/C44H53N7O9/c1-47(2)21-34-36(58-4)15-27(16-37(34)59-5)32-22-48(3)40(54)33-23-50(13-11-29(32)33)43(57)45-20-26-18-44(19-26)24-49(25-44)12-6-14-60-28-7-8-30-31(17-28)42(56)51(41(30)55)35-9-10-38(52)46-39(35)53/h7-8,15-17,22,26,35H,6,9-14,18-21,23-25H2,1-5H3,(H,45,57)(H,46,52,53). The Balaban J connectivity index is 0.777. The van der Waals surface area contributed by atoms with Crippen LogP contribution in [-0.2, 0) is 36.1 Å². The van der Waals surface area contributed by atoms with Crippen molar-refractivity contribution in [2.45, 2.75) is 57.7 Å². The van der Waals surface area contributed by atoms with Crippen molar-refractivity contribution in [3.8, 4) is 28.4 Å². The lowest BCUT2D eigenvalue weighted by molar-refractivity contribution is -0.136. The zero-order valence-corrected chi connectivity index (χ0v) is 34.9. The van der Waals surface area contributed by atoms with Gasteiger partial charge in [-0.05, 0) is 99.0 Å². The molecule has 2 aromatic carbocycles. The molecule has 8 rings (SSSR count). The molecule has 318 valence electrons. The maximum atomic E-state index is 13.4. The number of urea groups is 1. The predicted octanol–water partition coefficient (Wildman–Crippen LogP) is 2.78. The largest absolute Gasteiger partial charge is 0.496 e. The third kappa shape index (κ3) is 7.73. The van der Waals surface area contributed by atoms with Crippen LogP contribution in [0.25, 0.3) is 11.1 Å². The molecule has 1 atom stereocenters. The van der Waals surface area contributed by atoms with Gasteiger partial charge in [0.1, 0.15) is 23.3 Å². The van der Waals surface area contributed by atoms with E-state index in [-0.39, 0.29) is 42.1 Å². The van der Waals surface area contributed by atoms with Crippen LogP contribution in [-0.4, -0.2) is 128 Å². The Labute approximate surface area is 348 Å². The number of hydrogen-bond acceptors (Lipinski definition) is 11. The number of methoxy groups -OCH3 is 2. The molecule has 2 N–H and O–H groups in total. The first-order chi connectivity index (χ1) is 28.8. The summed E-state index contributed by atoms with van der Waals surface area (Å²) in [6.07, 6.45) is 5.51. The molecule has 0 radical (unpaired) electrons. The lowest BCUT2D eigenvalue weighted by atomic mass is 9.57. The monoisotopic (exact) mass is 823 g/mol. The summed E-state index contributed by atoms with van der Waals surface area (Å²) in [5, 5.41) is 5.36. The maximum Gasteiger partial charge on any atom is 0.317 e. The van der Waals surface area contributed by atoms with E-state index in [0.717, 1.165) is 66.1 Å². The van der Waals surface area contributed by atoms with Crippen LogP contribution in [0.5, 0.6) is 17.2 Å². The minimum atomic E-state index is -1.00. The Morgan fingerprint density at radius 1 is 0.933 bits per heavy atom. The zero-order valence-electron chi connectivity index (χ0n) is 34.9. The van der Waals surface area contributed by atoms with Gasteiger partial charge in [-0.1, -0.05) is 0 Å². The summed E-state index contributed by atoms with van der Waals surface area (Å²) in [5.74, 6) is 0.178. The van der Waals surface area contributed by atoms with Gasteiger partial charge in [0.2, 0.25) is 11.8 Å². The molecule has 1 unspecified atom stereocenters. The van der Waals surface area contributed by atoms with Crippen LogP contribution in [0, 0.1) is 11.3 Å². The first-order valence-electron chi connectivity index (χ1n) is 20.6. The van der Waals surface area contributed by atoms with E-state index in [1.165, 1.54) is 0 Å². The number of amides is 6. The van der Waals surface area contributed by atoms with E-state index >= 15 is 0 Å². The number of rotatable bonds is 13. The fraction of sp³-hybridized carbons (Fsp3) is 0.500. The Morgan fingerprint density at radius 3 is 2.33 bits per heavy atom. The van der Waals surface area contributed by atoms with Crippen molar-refractivity contribution < 1.29 is 38.2 Å². The van der Waals surface area contributed by atoms with Gasteiger partial charge < -0.3 is 38.8 Å². The summed E-state index contributed by atoms with van der Waals surface area (Å²) in [5.41, 5.74) is 4.97. The van der Waals surface area contributed by atoms with Crippen molar-refractivity contribution in [1.29, 1.82) is 0 Å². The van der Waals surface area contributed by atoms with Crippen molar-refractivity contribution >= 4 is 29.7 Å². The highest BCUT2D eigenvalue weighted by Gasteiger charge is 2.51. The highest BCUT2D eigenvalue weighted by atomic mass is 16.5. The average molecular weight is 824 g/mol. The van der Waals surface area contributed by atoms with Crippen molar-refractivity contribution in [3.63, 3.8) is 0 Å². The first kappa shape index (κ1) is 41.0. The Hall–Kier alpha value is -5.74. The van der Waals surface area contributed by atoms with E-state index in [1.54, 1.807) is 48.9 Å². The molecular formula is C44H53N7O9. The highest BCUT2D eigenvalue weighted by molar-refractivity contribution is 6.23. The van der Waals surface area contributed by atoms with E-state index in [1.807, 2.05) is 32.4 Å². The summed E-state index contributed by atoms with van der Waals surface area (Å²) < 4.78 is 19.1. The van der Waals surface area contributed by atoms with Gasteiger partial charge in [-0.3, -0.25) is 34.2 Å². The van der Waals surface area contributed by atoms with Crippen LogP contribution < -0.4 is 30.4 Å². The maximum absolute atomic E-state index is 13.4. The number of hydrogen-bond donors (Lipinski definition) is 2. The molecular weight excluding hydrogens is 771 g/mol. The topological polar surface area (TPSA) is 172 Å². The number of piperidine rings is 1. The molecule has 16 heteroatoms. The minimum absolute atomic E-state index is 0.0694. The molecule has 3 aromatic rings. The molecule has 5 heterocycles. The summed E-state index contributed by atoms with van der Waals surface area (Å²) in [6.45, 7) is 5.33. The number of benzene rings is 2. The van der Waals surface area contributed by atoms with Crippen LogP contribution >= 0.6 is 0 Å². The van der Waals surface area contributed by atoms with Crippen LogP contribution in [0.1, 0.15) is 69.5 Å². The number of ether oxygens (including phenoxy) is 3. The summed E-state index contributed by atoms with van der Waals surface area (Å²) >= 11 is 0. The quantitative estimate of drug-likeness (QED) is 0.192. The molecule has 3 fully saturated rings. The lowest BCUT2D eigenvalue weighted by Crippen LogP contribution is -2.63. The average Bonchev–Trinajstić information content (AvgIpc) is 3.44. The molecule has 1 saturated carbocycles. The molecule has 60 heavy (non-hydrogen) atoms. The van der Waals surface area contributed by atoms with Crippen molar-refractivity contribution in [2.75, 3.05) is 67.6 Å². The van der Waals surface area contributed by atoms with Crippen molar-refractivity contribution in [1.82, 2.24) is 34.8 Å². The molecule has 1 aromatic heterocycles. The molecule has 1 spiro atoms. The number of aromatic nitrogens is 1. The van der Waals surface area contributed by atoms with E-state index in [9.17, 15) is 28.8 Å². The fourth-order valence-electron chi connectivity index (χ4n) is 9.82. The molecule has 6 amide bonds. The van der Waals surface area contributed by atoms with Crippen molar-refractivity contribution in [3.05, 3.63) is 74.7 Å². The van der Waals surface area contributed by atoms with Gasteiger partial charge in [0.15, 0.2) is 0 Å². The Morgan fingerprint density at radius 2 is 1.65 bits per heavy atom. The first-order valence-corrected chi connectivity index (χ1v) is 20.6. The fourth-order valence-corrected chi connectivity index (χ4v) is 9.82. The van der Waals surface area contributed by atoms with Gasteiger partial charge in [0, 0.05) is 70.1 Å². The lowest BCUT2D eigenvalue weighted by Gasteiger charge is -2.59. The summed E-state index contributed by atoms with van der Waals surface area (Å²) in [6, 6.07) is 7.61. The normalized spacial score (nSPS) is 19.8. The molecule has 1 aliphatic carbocycles. The number of aryl methyl sites for hydroxylation is 1. The Bertz CT molecular complexity index is 2280. The van der Waals surface area contributed by atoms with Gasteiger partial charge in [-0.25, -0.2) is 4.79 Å². The predicted molar refractivity (Wildman–Crippen MR) is 220 cm³/mol. The van der Waals surface area contributed by atoms with Gasteiger partial charge in [-0.15, -0.1) is 0 Å². The summed E-state index contributed by atoms with van der Waals surface area (Å²) in [7, 11) is 9.02. The van der Waals surface area contributed by atoms with Gasteiger partial charge >= 0.3 is 6.03 Å². The smallest absolute Gasteiger partial charge is 0.317 e. The second-order valence-corrected chi connectivity index (χ2v) is 17.2. The third-order valence-corrected chi connectivity index (χ3v) is 12.7. The van der Waals surface area contributed by atoms with Crippen LogP contribution in [0.15, 0.2) is 41.3 Å². The van der Waals surface area contributed by atoms with Gasteiger partial charge in [0.25, 0.3) is 17.4 Å². The molecule has 2 saturated heterocycles. The molecule has 16 nitrogen and oxygen atoms in total. The number of nitrogens with zero attached hydrogens (tertiary/aromatic N) is 5. The second kappa shape index (κ2) is 16.4. The molecule has 0 bridgehead atoms. The van der Waals surface area contributed by atoms with E-state index in [2.05, 4.69) is 20.4 Å². The molecule has 5 aliphatic rings. The highest BCUT2D eigenvalue weighted by Crippen LogP contribution is 2.51. The molecule has 4 aliphatic heterocycles. The number of carbonyl (C=O) groups excluding carboxylic acids is 5. The van der Waals surface area contributed by atoms with E-state index in [0.29, 0.717) is 66.8 Å². The van der Waals surface area contributed by atoms with E-state index in [4.69, 9.17) is 14.2 Å². The van der Waals surface area contributed by atoms with Crippen molar-refractivity contribution in [2.24, 2.45) is 18.4 Å². The van der Waals surface area contributed by atoms with Gasteiger partial charge in [-0.2, -0.15) is 0 Å². The third-order valence-electron chi connectivity index (χ3n) is 12.7. The number of pyridine rings is 1. The van der Waals surface area contributed by atoms with Gasteiger partial charge in [0.05, 0.1) is 44.1 Å². The van der Waals surface area contributed by atoms with Crippen LogP contribution in [0.4, 0.5) is 4.79 Å². The second-order valence-electron chi connectivity index (χ2n) is 17.2. The number of carbonyl (C=O) groups is 5. The zero-order chi connectivity index (χ0) is 42.5. The SMILES string of the molecule is COc1cc(-c2cn(C)c(=O)c3c2CCN(C(=O)NCC2CC4(C2)CN(CCCOc2ccc5c(c2)C(=O)N(C2CCC(=O)NC2=O)C5=O)C4)C3)cc(OC)c1CN(C)C. The Kier molecular flexibility index (Phi) is 11.2. The summed E-state index contributed by atoms with van der Waals surface area (Å²) in [4.78, 5) is 84.0. The minimum Gasteiger partial charge on any atom is -0.496 e. The number of fused-ring (bicyclic) bond motifs is 2. The van der Waals surface area contributed by atoms with E-state index < -0.39 is 29.7 Å². The van der Waals surface area contributed by atoms with Crippen LogP contribution in [0.2, 0.25) is 0 Å². The number of imide groups is 2.